The number of anilines is 2. The second kappa shape index (κ2) is 7.40. The Balaban J connectivity index is 2.02. The summed E-state index contributed by atoms with van der Waals surface area (Å²) < 4.78 is 0. The highest BCUT2D eigenvalue weighted by Gasteiger charge is 2.07. The predicted molar refractivity (Wildman–Crippen MR) is 88.1 cm³/mol. The van der Waals surface area contributed by atoms with Crippen LogP contribution in [0.4, 0.5) is 11.6 Å². The lowest BCUT2D eigenvalue weighted by Crippen LogP contribution is -2.22. The molecule has 2 aromatic heterocycles. The molecular formula is C16H21N5O. The van der Waals surface area contributed by atoms with Crippen molar-refractivity contribution < 1.29 is 4.79 Å². The van der Waals surface area contributed by atoms with Gasteiger partial charge in [0, 0.05) is 45.1 Å². The van der Waals surface area contributed by atoms with Crippen LogP contribution < -0.4 is 15.5 Å². The summed E-state index contributed by atoms with van der Waals surface area (Å²) in [5.41, 5.74) is 1.64. The van der Waals surface area contributed by atoms with E-state index in [1.54, 1.807) is 24.5 Å². The molecule has 0 saturated heterocycles. The van der Waals surface area contributed by atoms with Crippen LogP contribution in [0.25, 0.3) is 0 Å². The number of carbonyl (C=O) groups excluding carboxylic acids is 1. The number of hydrogen-bond acceptors (Lipinski definition) is 5. The van der Waals surface area contributed by atoms with E-state index in [2.05, 4.69) is 20.6 Å². The Morgan fingerprint density at radius 2 is 2.05 bits per heavy atom. The molecule has 2 aromatic rings. The maximum Gasteiger partial charge on any atom is 0.252 e. The fraction of sp³-hybridized carbons (Fsp3) is 0.312. The summed E-state index contributed by atoms with van der Waals surface area (Å²) in [5, 5.41) is 5.99. The molecule has 0 fully saturated rings. The quantitative estimate of drug-likeness (QED) is 0.852. The van der Waals surface area contributed by atoms with Gasteiger partial charge >= 0.3 is 0 Å². The van der Waals surface area contributed by atoms with Crippen LogP contribution in [0.5, 0.6) is 0 Å². The molecule has 0 spiro atoms. The van der Waals surface area contributed by atoms with Gasteiger partial charge in [-0.3, -0.25) is 4.79 Å². The zero-order valence-electron chi connectivity index (χ0n) is 13.1. The molecule has 2 rings (SSSR count). The smallest absolute Gasteiger partial charge is 0.252 e. The zero-order chi connectivity index (χ0) is 15.9. The topological polar surface area (TPSA) is 70.2 Å². The van der Waals surface area contributed by atoms with Crippen LogP contribution in [0.2, 0.25) is 0 Å². The second-order valence-corrected chi connectivity index (χ2v) is 5.03. The average molecular weight is 299 g/mol. The Morgan fingerprint density at radius 3 is 2.68 bits per heavy atom. The van der Waals surface area contributed by atoms with Gasteiger partial charge in [-0.25, -0.2) is 9.97 Å². The van der Waals surface area contributed by atoms with Gasteiger partial charge in [-0.15, -0.1) is 0 Å². The molecule has 0 aliphatic carbocycles. The molecule has 116 valence electrons. The second-order valence-electron chi connectivity index (χ2n) is 5.03. The SMILES string of the molecule is CCNC(=O)c1ccc(NCc2cccnc2N(C)C)nc1. The molecule has 0 aliphatic rings. The van der Waals surface area contributed by atoms with Gasteiger partial charge in [0.1, 0.15) is 11.6 Å². The Hall–Kier alpha value is -2.63. The van der Waals surface area contributed by atoms with E-state index in [1.165, 1.54) is 0 Å². The third-order valence-corrected chi connectivity index (χ3v) is 3.11. The van der Waals surface area contributed by atoms with Crippen molar-refractivity contribution in [2.45, 2.75) is 13.5 Å². The van der Waals surface area contributed by atoms with Gasteiger partial charge in [0.15, 0.2) is 0 Å². The van der Waals surface area contributed by atoms with Crippen molar-refractivity contribution in [3.8, 4) is 0 Å². The van der Waals surface area contributed by atoms with E-state index in [-0.39, 0.29) is 5.91 Å². The zero-order valence-corrected chi connectivity index (χ0v) is 13.1. The Kier molecular flexibility index (Phi) is 5.30. The van der Waals surface area contributed by atoms with Crippen LogP contribution in [-0.4, -0.2) is 36.5 Å². The van der Waals surface area contributed by atoms with Crippen molar-refractivity contribution >= 4 is 17.5 Å². The molecule has 0 aromatic carbocycles. The molecule has 1 amide bonds. The maximum atomic E-state index is 11.7. The Bertz CT molecular complexity index is 625. The summed E-state index contributed by atoms with van der Waals surface area (Å²) in [5.74, 6) is 1.54. The minimum Gasteiger partial charge on any atom is -0.366 e. The molecule has 22 heavy (non-hydrogen) atoms. The molecule has 0 atom stereocenters. The number of hydrogen-bond donors (Lipinski definition) is 2. The first kappa shape index (κ1) is 15.8. The van der Waals surface area contributed by atoms with E-state index in [1.807, 2.05) is 38.1 Å². The van der Waals surface area contributed by atoms with Gasteiger partial charge in [-0.1, -0.05) is 6.07 Å². The average Bonchev–Trinajstić information content (AvgIpc) is 2.54. The van der Waals surface area contributed by atoms with Crippen molar-refractivity contribution in [2.75, 3.05) is 30.9 Å². The summed E-state index contributed by atoms with van der Waals surface area (Å²) >= 11 is 0. The largest absolute Gasteiger partial charge is 0.366 e. The third-order valence-electron chi connectivity index (χ3n) is 3.11. The lowest BCUT2D eigenvalue weighted by Gasteiger charge is -2.16. The van der Waals surface area contributed by atoms with E-state index < -0.39 is 0 Å². The first-order chi connectivity index (χ1) is 10.6. The van der Waals surface area contributed by atoms with Crippen molar-refractivity contribution in [1.82, 2.24) is 15.3 Å². The van der Waals surface area contributed by atoms with Crippen LogP contribution in [0, 0.1) is 0 Å². The highest BCUT2D eigenvalue weighted by molar-refractivity contribution is 5.93. The molecular weight excluding hydrogens is 278 g/mol. The molecule has 0 saturated carbocycles. The summed E-state index contributed by atoms with van der Waals surface area (Å²) in [4.78, 5) is 22.3. The number of aromatic nitrogens is 2. The molecule has 0 aliphatic heterocycles. The number of nitrogens with one attached hydrogen (secondary N) is 2. The number of nitrogens with zero attached hydrogens (tertiary/aromatic N) is 3. The van der Waals surface area contributed by atoms with Crippen molar-refractivity contribution in [2.24, 2.45) is 0 Å². The molecule has 2 N–H and O–H groups in total. The van der Waals surface area contributed by atoms with Gasteiger partial charge in [-0.05, 0) is 25.1 Å². The van der Waals surface area contributed by atoms with Gasteiger partial charge in [-0.2, -0.15) is 0 Å². The highest BCUT2D eigenvalue weighted by atomic mass is 16.1. The standard InChI is InChI=1S/C16H21N5O/c1-4-17-16(22)13-7-8-14(20-11-13)19-10-12-6-5-9-18-15(12)21(2)3/h5-9,11H,4,10H2,1-3H3,(H,17,22)(H,19,20). The van der Waals surface area contributed by atoms with Gasteiger partial charge in [0.25, 0.3) is 5.91 Å². The summed E-state index contributed by atoms with van der Waals surface area (Å²) in [6, 6.07) is 7.50. The van der Waals surface area contributed by atoms with E-state index >= 15 is 0 Å². The van der Waals surface area contributed by atoms with Gasteiger partial charge in [0.2, 0.25) is 0 Å². The Morgan fingerprint density at radius 1 is 1.23 bits per heavy atom. The fourth-order valence-corrected chi connectivity index (χ4v) is 2.05. The van der Waals surface area contributed by atoms with E-state index in [9.17, 15) is 4.79 Å². The predicted octanol–water partition coefficient (Wildman–Crippen LogP) is 1.90. The molecule has 0 bridgehead atoms. The van der Waals surface area contributed by atoms with Gasteiger partial charge < -0.3 is 15.5 Å². The summed E-state index contributed by atoms with van der Waals surface area (Å²) in [6.45, 7) is 3.11. The van der Waals surface area contributed by atoms with Crippen molar-refractivity contribution in [1.29, 1.82) is 0 Å². The Labute approximate surface area is 130 Å². The maximum absolute atomic E-state index is 11.7. The molecule has 2 heterocycles. The highest BCUT2D eigenvalue weighted by Crippen LogP contribution is 2.16. The number of pyridine rings is 2. The summed E-state index contributed by atoms with van der Waals surface area (Å²) in [6.07, 6.45) is 3.35. The van der Waals surface area contributed by atoms with Gasteiger partial charge in [0.05, 0.1) is 5.56 Å². The molecule has 0 unspecified atom stereocenters. The normalized spacial score (nSPS) is 10.1. The fourth-order valence-electron chi connectivity index (χ4n) is 2.05. The van der Waals surface area contributed by atoms with Crippen LogP contribution in [-0.2, 0) is 6.54 Å². The van der Waals surface area contributed by atoms with Crippen LogP contribution >= 0.6 is 0 Å². The lowest BCUT2D eigenvalue weighted by molar-refractivity contribution is 0.0955. The first-order valence-electron chi connectivity index (χ1n) is 7.21. The lowest BCUT2D eigenvalue weighted by atomic mass is 10.2. The summed E-state index contributed by atoms with van der Waals surface area (Å²) in [7, 11) is 3.93. The van der Waals surface area contributed by atoms with E-state index in [4.69, 9.17) is 0 Å². The minimum absolute atomic E-state index is 0.108. The van der Waals surface area contributed by atoms with E-state index in [0.29, 0.717) is 18.7 Å². The van der Waals surface area contributed by atoms with Crippen LogP contribution in [0.3, 0.4) is 0 Å². The van der Waals surface area contributed by atoms with Crippen LogP contribution in [0.1, 0.15) is 22.8 Å². The van der Waals surface area contributed by atoms with Crippen molar-refractivity contribution in [3.05, 3.63) is 47.8 Å². The van der Waals surface area contributed by atoms with Crippen molar-refractivity contribution in [3.63, 3.8) is 0 Å². The first-order valence-corrected chi connectivity index (χ1v) is 7.21. The number of carbonyl (C=O) groups is 1. The third kappa shape index (κ3) is 3.94. The van der Waals surface area contributed by atoms with Crippen LogP contribution in [0.15, 0.2) is 36.7 Å². The van der Waals surface area contributed by atoms with E-state index in [0.717, 1.165) is 17.2 Å². The molecule has 0 radical (unpaired) electrons. The molecule has 6 nitrogen and oxygen atoms in total. The number of amides is 1. The molecule has 6 heteroatoms. The number of rotatable bonds is 6. The monoisotopic (exact) mass is 299 g/mol. The minimum atomic E-state index is -0.108.